The summed E-state index contributed by atoms with van der Waals surface area (Å²) in [5, 5.41) is 3.04. The smallest absolute Gasteiger partial charge is 0.244 e. The number of nitrogens with one attached hydrogen (secondary N) is 2. The van der Waals surface area contributed by atoms with Crippen LogP contribution in [0.25, 0.3) is 0 Å². The fourth-order valence-electron chi connectivity index (χ4n) is 1.60. The molecule has 7 heteroatoms. The maximum absolute atomic E-state index is 12.3. The molecule has 0 aliphatic carbocycles. The minimum Gasteiger partial charge on any atom is -0.369 e. The van der Waals surface area contributed by atoms with Crippen LogP contribution in [0.4, 0.5) is 5.82 Å². The van der Waals surface area contributed by atoms with Crippen molar-refractivity contribution in [2.24, 2.45) is 0 Å². The quantitative estimate of drug-likeness (QED) is 0.768. The molecule has 0 radical (unpaired) electrons. The molecule has 1 heterocycles. The average molecular weight is 303 g/mol. The Balaban J connectivity index is 2.94. The zero-order valence-electron chi connectivity index (χ0n) is 11.5. The zero-order valence-corrected chi connectivity index (χ0v) is 13.1. The number of hydrogen-bond acceptors (Lipinski definition) is 5. The minimum atomic E-state index is -3.53. The van der Waals surface area contributed by atoms with Crippen LogP contribution in [0.2, 0.25) is 0 Å². The van der Waals surface area contributed by atoms with E-state index in [9.17, 15) is 8.42 Å². The fourth-order valence-corrected chi connectivity index (χ4v) is 3.66. The van der Waals surface area contributed by atoms with E-state index in [1.165, 1.54) is 0 Å². The van der Waals surface area contributed by atoms with Crippen molar-refractivity contribution in [3.63, 3.8) is 0 Å². The standard InChI is InChI=1S/C12H21N3O2S2/c1-4-7-13-12-11(6-5-8-14-12)19(16,17)15-10(2)9-18-3/h5-6,8,10,15H,4,7,9H2,1-3H3,(H,13,14). The first-order chi connectivity index (χ1) is 9.01. The van der Waals surface area contributed by atoms with Crippen LogP contribution in [-0.4, -0.2) is 38.0 Å². The van der Waals surface area contributed by atoms with Crippen molar-refractivity contribution in [2.45, 2.75) is 31.2 Å². The molecule has 0 saturated heterocycles. The van der Waals surface area contributed by atoms with Gasteiger partial charge in [0.2, 0.25) is 10.0 Å². The summed E-state index contributed by atoms with van der Waals surface area (Å²) in [6, 6.07) is 3.09. The van der Waals surface area contributed by atoms with Crippen molar-refractivity contribution in [1.82, 2.24) is 9.71 Å². The molecule has 19 heavy (non-hydrogen) atoms. The normalized spacial score (nSPS) is 13.2. The van der Waals surface area contributed by atoms with E-state index in [4.69, 9.17) is 0 Å². The summed E-state index contributed by atoms with van der Waals surface area (Å²) < 4.78 is 27.3. The lowest BCUT2D eigenvalue weighted by Gasteiger charge is -2.15. The first kappa shape index (κ1) is 16.3. The van der Waals surface area contributed by atoms with Gasteiger partial charge in [-0.15, -0.1) is 0 Å². The molecule has 0 saturated carbocycles. The van der Waals surface area contributed by atoms with Gasteiger partial charge in [0.05, 0.1) is 0 Å². The predicted molar refractivity (Wildman–Crippen MR) is 81.2 cm³/mol. The highest BCUT2D eigenvalue weighted by Crippen LogP contribution is 2.18. The Morgan fingerprint density at radius 1 is 1.47 bits per heavy atom. The molecule has 1 aromatic heterocycles. The van der Waals surface area contributed by atoms with Crippen molar-refractivity contribution in [3.05, 3.63) is 18.3 Å². The van der Waals surface area contributed by atoms with E-state index in [2.05, 4.69) is 15.0 Å². The molecule has 1 atom stereocenters. The van der Waals surface area contributed by atoms with E-state index in [1.54, 1.807) is 30.1 Å². The van der Waals surface area contributed by atoms with Gasteiger partial charge >= 0.3 is 0 Å². The molecular weight excluding hydrogens is 282 g/mol. The molecule has 0 spiro atoms. The lowest BCUT2D eigenvalue weighted by molar-refractivity contribution is 0.571. The van der Waals surface area contributed by atoms with Crippen LogP contribution in [0.5, 0.6) is 0 Å². The van der Waals surface area contributed by atoms with Crippen LogP contribution < -0.4 is 10.0 Å². The Morgan fingerprint density at radius 2 is 2.21 bits per heavy atom. The molecule has 0 amide bonds. The first-order valence-electron chi connectivity index (χ1n) is 6.21. The van der Waals surface area contributed by atoms with Crippen molar-refractivity contribution < 1.29 is 8.42 Å². The van der Waals surface area contributed by atoms with E-state index in [1.807, 2.05) is 20.1 Å². The SMILES string of the molecule is CCCNc1ncccc1S(=O)(=O)NC(C)CSC. The highest BCUT2D eigenvalue weighted by Gasteiger charge is 2.21. The summed E-state index contributed by atoms with van der Waals surface area (Å²) in [5.41, 5.74) is 0. The number of hydrogen-bond donors (Lipinski definition) is 2. The molecule has 5 nitrogen and oxygen atoms in total. The monoisotopic (exact) mass is 303 g/mol. The summed E-state index contributed by atoms with van der Waals surface area (Å²) in [4.78, 5) is 4.31. The molecule has 0 aromatic carbocycles. The highest BCUT2D eigenvalue weighted by atomic mass is 32.2. The number of thioether (sulfide) groups is 1. The topological polar surface area (TPSA) is 71.1 Å². The number of aromatic nitrogens is 1. The molecule has 0 aliphatic rings. The van der Waals surface area contributed by atoms with Crippen LogP contribution in [-0.2, 0) is 10.0 Å². The Bertz CT molecular complexity index is 492. The van der Waals surface area contributed by atoms with Crippen LogP contribution in [0.1, 0.15) is 20.3 Å². The van der Waals surface area contributed by atoms with Crippen LogP contribution in [0.3, 0.4) is 0 Å². The van der Waals surface area contributed by atoms with Gasteiger partial charge in [-0.25, -0.2) is 18.1 Å². The van der Waals surface area contributed by atoms with Gasteiger partial charge in [-0.2, -0.15) is 11.8 Å². The minimum absolute atomic E-state index is 0.112. The molecule has 1 unspecified atom stereocenters. The number of anilines is 1. The third-order valence-electron chi connectivity index (χ3n) is 2.38. The van der Waals surface area contributed by atoms with Crippen LogP contribution in [0.15, 0.2) is 23.2 Å². The summed E-state index contributed by atoms with van der Waals surface area (Å²) in [6.07, 6.45) is 4.44. The summed E-state index contributed by atoms with van der Waals surface area (Å²) in [6.45, 7) is 4.56. The van der Waals surface area contributed by atoms with Gasteiger partial charge in [-0.3, -0.25) is 0 Å². The Hall–Kier alpha value is -0.790. The van der Waals surface area contributed by atoms with Gasteiger partial charge in [-0.1, -0.05) is 6.92 Å². The van der Waals surface area contributed by atoms with E-state index in [-0.39, 0.29) is 10.9 Å². The van der Waals surface area contributed by atoms with E-state index in [0.29, 0.717) is 12.4 Å². The highest BCUT2D eigenvalue weighted by molar-refractivity contribution is 7.98. The molecule has 1 rings (SSSR count). The van der Waals surface area contributed by atoms with Crippen molar-refractivity contribution >= 4 is 27.6 Å². The lowest BCUT2D eigenvalue weighted by atomic mass is 10.4. The van der Waals surface area contributed by atoms with Crippen molar-refractivity contribution in [2.75, 3.05) is 23.9 Å². The molecule has 2 N–H and O–H groups in total. The maximum atomic E-state index is 12.3. The van der Waals surface area contributed by atoms with E-state index < -0.39 is 10.0 Å². The molecule has 0 aliphatic heterocycles. The second-order valence-electron chi connectivity index (χ2n) is 4.25. The second-order valence-corrected chi connectivity index (χ2v) is 6.85. The van der Waals surface area contributed by atoms with Gasteiger partial charge < -0.3 is 5.32 Å². The van der Waals surface area contributed by atoms with E-state index >= 15 is 0 Å². The summed E-state index contributed by atoms with van der Waals surface area (Å²) >= 11 is 1.61. The molecule has 108 valence electrons. The Labute approximate surface area is 119 Å². The van der Waals surface area contributed by atoms with E-state index in [0.717, 1.165) is 12.2 Å². The van der Waals surface area contributed by atoms with Crippen molar-refractivity contribution in [3.8, 4) is 0 Å². The van der Waals surface area contributed by atoms with Crippen LogP contribution in [0, 0.1) is 0 Å². The zero-order chi connectivity index (χ0) is 14.3. The van der Waals surface area contributed by atoms with Crippen molar-refractivity contribution in [1.29, 1.82) is 0 Å². The second kappa shape index (κ2) is 7.72. The predicted octanol–water partition coefficient (Wildman–Crippen LogP) is 1.93. The van der Waals surface area contributed by atoms with Gasteiger partial charge in [0.25, 0.3) is 0 Å². The van der Waals surface area contributed by atoms with Gasteiger partial charge in [-0.05, 0) is 31.7 Å². The number of rotatable bonds is 8. The molecule has 1 aromatic rings. The summed E-state index contributed by atoms with van der Waals surface area (Å²) in [7, 11) is -3.53. The largest absolute Gasteiger partial charge is 0.369 e. The summed E-state index contributed by atoms with van der Waals surface area (Å²) in [5.74, 6) is 1.14. The van der Waals surface area contributed by atoms with Gasteiger partial charge in [0.15, 0.2) is 0 Å². The fraction of sp³-hybridized carbons (Fsp3) is 0.583. The molecular formula is C12H21N3O2S2. The third-order valence-corrected chi connectivity index (χ3v) is 4.83. The molecule has 0 bridgehead atoms. The van der Waals surface area contributed by atoms with Gasteiger partial charge in [0.1, 0.15) is 10.7 Å². The average Bonchev–Trinajstić information content (AvgIpc) is 2.36. The number of pyridine rings is 1. The van der Waals surface area contributed by atoms with Crippen LogP contribution >= 0.6 is 11.8 Å². The van der Waals surface area contributed by atoms with Gasteiger partial charge in [0, 0.05) is 24.5 Å². The third kappa shape index (κ3) is 5.00. The Morgan fingerprint density at radius 3 is 2.84 bits per heavy atom. The lowest BCUT2D eigenvalue weighted by Crippen LogP contribution is -2.34. The number of nitrogens with zero attached hydrogens (tertiary/aromatic N) is 1. The molecule has 0 fully saturated rings. The Kier molecular flexibility index (Phi) is 6.60. The maximum Gasteiger partial charge on any atom is 0.244 e. The first-order valence-corrected chi connectivity index (χ1v) is 9.09. The number of sulfonamides is 1.